The number of hydrogen-bond acceptors (Lipinski definition) is 21. The molecule has 1 amide bonds. The minimum atomic E-state index is -1.54. The smallest absolute Gasteiger partial charge is 0.377 e. The molecule has 392 valence electrons. The Kier molecular flexibility index (Phi) is 14.5. The largest absolute Gasteiger partial charge is 0.494 e. The second-order valence-electron chi connectivity index (χ2n) is 17.3. The van der Waals surface area contributed by atoms with Crippen LogP contribution in [0.2, 0.25) is 0 Å². The van der Waals surface area contributed by atoms with E-state index in [4.69, 9.17) is 23.8 Å². The number of amides is 1. The van der Waals surface area contributed by atoms with Gasteiger partial charge in [-0.1, -0.05) is 60.7 Å². The van der Waals surface area contributed by atoms with Crippen LogP contribution in [0, 0.1) is 13.8 Å². The molecule has 10 heterocycles. The highest BCUT2D eigenvalue weighted by Gasteiger charge is 2.32. The van der Waals surface area contributed by atoms with Crippen LogP contribution in [0.25, 0.3) is 56.0 Å². The van der Waals surface area contributed by atoms with Gasteiger partial charge in [-0.15, -0.1) is 0 Å². The maximum Gasteiger partial charge on any atom is 0.377 e. The number of rotatable bonds is 12. The number of ether oxygens (including phenoxy) is 2. The lowest BCUT2D eigenvalue weighted by molar-refractivity contribution is -0.131. The fourth-order valence-corrected chi connectivity index (χ4v) is 8.83. The van der Waals surface area contributed by atoms with Crippen LogP contribution in [0.5, 0.6) is 11.5 Å². The molecule has 8 aromatic heterocycles. The highest BCUT2D eigenvalue weighted by Crippen LogP contribution is 2.34. The van der Waals surface area contributed by atoms with Crippen molar-refractivity contribution in [1.29, 1.82) is 0 Å². The minimum Gasteiger partial charge on any atom is -0.494 e. The van der Waals surface area contributed by atoms with Crippen LogP contribution in [0.1, 0.15) is 32.4 Å². The molecule has 0 bridgehead atoms. The number of aromatic amines is 2. The second-order valence-corrected chi connectivity index (χ2v) is 17.3. The molecule has 0 spiro atoms. The van der Waals surface area contributed by atoms with Crippen molar-refractivity contribution in [3.8, 4) is 45.6 Å². The summed E-state index contributed by atoms with van der Waals surface area (Å²) in [4.78, 5) is 77.9. The summed E-state index contributed by atoms with van der Waals surface area (Å²) in [5.74, 6) is 0.275. The van der Waals surface area contributed by atoms with Gasteiger partial charge in [-0.2, -0.15) is 10.2 Å². The maximum absolute atomic E-state index is 13.4. The van der Waals surface area contributed by atoms with Gasteiger partial charge < -0.3 is 44.6 Å². The molecule has 27 heteroatoms. The van der Waals surface area contributed by atoms with Gasteiger partial charge in [0.05, 0.1) is 59.5 Å². The molecule has 2 fully saturated rings. The zero-order valence-corrected chi connectivity index (χ0v) is 41.8. The molecule has 0 unspecified atom stereocenters. The van der Waals surface area contributed by atoms with Gasteiger partial charge in [0.25, 0.3) is 17.5 Å². The molecule has 0 radical (unpaired) electrons. The lowest BCUT2D eigenvalue weighted by atomic mass is 10.1. The Hall–Kier alpha value is -10.2. The topological polar surface area (TPSA) is 325 Å². The second kappa shape index (κ2) is 22.1. The quantitative estimate of drug-likeness (QED) is 0.0995. The Morgan fingerprint density at radius 2 is 1.03 bits per heavy atom. The van der Waals surface area contributed by atoms with Crippen LogP contribution in [0.4, 0.5) is 11.6 Å². The molecule has 0 aliphatic carbocycles. The number of benzene rings is 2. The Morgan fingerprint density at radius 1 is 0.571 bits per heavy atom. The van der Waals surface area contributed by atoms with Crippen molar-refractivity contribution in [2.24, 2.45) is 0 Å². The van der Waals surface area contributed by atoms with E-state index in [-0.39, 0.29) is 11.1 Å². The van der Waals surface area contributed by atoms with Gasteiger partial charge in [-0.3, -0.25) is 14.4 Å². The molecule has 2 aromatic carbocycles. The number of nitrogens with one attached hydrogen (secondary N) is 3. The summed E-state index contributed by atoms with van der Waals surface area (Å²) in [5.41, 5.74) is 4.56. The first-order valence-corrected chi connectivity index (χ1v) is 24.0. The standard InChI is InChI=1S/C25H23N9O4.C13H11N5O4.C12H14N4O/c1-15-28-14-34(29-15)23-21-19(18(37-2)13-27-23)17(12-26-21)22(35)25(36)33-10-8-32(9-11-33)24-20(30-38-31-24)16-6-4-3-5-7-16;1-6-16-5-18(17-6)12-10-9(8(22-2)4-15-12)7(3-14-10)11(19)13(20)21;1-2-4-10(5-3-1)11-12(15-17-14-11)16-8-6-13-7-9-16/h3-7,12-14,26H,8-11H2,1-2H3;3-5,14H,1-2H3,(H,20,21);1-5,13H,6-9H2. The number of anilines is 2. The van der Waals surface area contributed by atoms with E-state index < -0.39 is 23.4 Å². The number of carboxylic acids is 1. The number of carbonyl (C=O) groups excluding carboxylic acids is 3. The lowest BCUT2D eigenvalue weighted by Gasteiger charge is -2.34. The third kappa shape index (κ3) is 10.2. The predicted molar refractivity (Wildman–Crippen MR) is 274 cm³/mol. The number of pyridine rings is 2. The van der Waals surface area contributed by atoms with E-state index >= 15 is 0 Å². The van der Waals surface area contributed by atoms with Gasteiger partial charge in [0.1, 0.15) is 35.8 Å². The van der Waals surface area contributed by atoms with Crippen LogP contribution >= 0.6 is 0 Å². The summed E-state index contributed by atoms with van der Waals surface area (Å²) in [5, 5.41) is 37.7. The molecular weight excluding hydrogens is 997 g/mol. The van der Waals surface area contributed by atoms with Crippen LogP contribution in [0.15, 0.2) is 107 Å². The van der Waals surface area contributed by atoms with Crippen LogP contribution in [-0.2, 0) is 9.59 Å². The number of aliphatic carboxylic acids is 1. The highest BCUT2D eigenvalue weighted by atomic mass is 16.6. The predicted octanol–water partition coefficient (Wildman–Crippen LogP) is 3.92. The van der Waals surface area contributed by atoms with Crippen LogP contribution in [-0.4, -0.2) is 170 Å². The number of aromatic nitrogens is 14. The number of methoxy groups -OCH3 is 2. The summed E-state index contributed by atoms with van der Waals surface area (Å²) in [6.07, 6.45) is 8.73. The van der Waals surface area contributed by atoms with E-state index in [9.17, 15) is 19.2 Å². The van der Waals surface area contributed by atoms with Crippen LogP contribution < -0.4 is 24.6 Å². The Labute approximate surface area is 435 Å². The first-order valence-electron chi connectivity index (χ1n) is 24.0. The number of hydrogen-bond donors (Lipinski definition) is 4. The summed E-state index contributed by atoms with van der Waals surface area (Å²) in [6, 6.07) is 19.6. The van der Waals surface area contributed by atoms with Crippen molar-refractivity contribution in [3.63, 3.8) is 0 Å². The van der Waals surface area contributed by atoms with Gasteiger partial charge in [-0.25, -0.2) is 43.4 Å². The Bertz CT molecular complexity index is 3720. The highest BCUT2D eigenvalue weighted by molar-refractivity contribution is 6.45. The lowest BCUT2D eigenvalue weighted by Crippen LogP contribution is -2.50. The number of nitrogens with zero attached hydrogens (tertiary/aromatic N) is 15. The van der Waals surface area contributed by atoms with Crippen molar-refractivity contribution in [3.05, 3.63) is 121 Å². The number of aryl methyl sites for hydroxylation is 2. The number of carboxylic acid groups (broad SMARTS) is 1. The molecule has 4 N–H and O–H groups in total. The molecule has 77 heavy (non-hydrogen) atoms. The number of ketones is 2. The normalized spacial score (nSPS) is 13.4. The summed E-state index contributed by atoms with van der Waals surface area (Å²) in [7, 11) is 2.90. The zero-order chi connectivity index (χ0) is 53.6. The van der Waals surface area contributed by atoms with Crippen molar-refractivity contribution in [1.82, 2.24) is 80.3 Å². The first-order chi connectivity index (χ1) is 37.5. The van der Waals surface area contributed by atoms with Crippen molar-refractivity contribution >= 4 is 56.9 Å². The molecule has 2 aliphatic rings. The van der Waals surface area contributed by atoms with E-state index in [0.717, 1.165) is 48.8 Å². The van der Waals surface area contributed by atoms with Gasteiger partial charge in [0.15, 0.2) is 23.0 Å². The third-order valence-corrected chi connectivity index (χ3v) is 12.6. The molecule has 0 atom stereocenters. The summed E-state index contributed by atoms with van der Waals surface area (Å²) >= 11 is 0. The monoisotopic (exact) mass is 1040 g/mol. The fraction of sp³-hybridized carbons (Fsp3) is 0.240. The number of carbonyl (C=O) groups is 4. The molecule has 0 saturated carbocycles. The molecule has 2 aliphatic heterocycles. The average Bonchev–Trinajstić information content (AvgIpc) is 4.38. The van der Waals surface area contributed by atoms with Gasteiger partial charge in [-0.05, 0) is 34.5 Å². The maximum atomic E-state index is 13.4. The van der Waals surface area contributed by atoms with Crippen molar-refractivity contribution in [2.75, 3.05) is 76.4 Å². The zero-order valence-electron chi connectivity index (χ0n) is 41.8. The third-order valence-electron chi connectivity index (χ3n) is 12.6. The molecular formula is C50H48N18O9. The van der Waals surface area contributed by atoms with E-state index in [1.807, 2.05) is 65.6 Å². The fourth-order valence-electron chi connectivity index (χ4n) is 8.83. The number of fused-ring (bicyclic) bond motifs is 2. The van der Waals surface area contributed by atoms with E-state index in [2.05, 4.69) is 70.9 Å². The number of H-pyrrole nitrogens is 2. The number of piperazine rings is 2. The van der Waals surface area contributed by atoms with Gasteiger partial charge in [0, 0.05) is 75.9 Å². The van der Waals surface area contributed by atoms with Crippen molar-refractivity contribution < 1.29 is 43.0 Å². The number of Topliss-reactive ketones (excluding diaryl/α,β-unsaturated/α-hetero) is 2. The minimum absolute atomic E-state index is 0.000151. The first kappa shape index (κ1) is 50.4. The summed E-state index contributed by atoms with van der Waals surface area (Å²) in [6.45, 7) is 8.96. The molecule has 12 rings (SSSR count). The van der Waals surface area contributed by atoms with E-state index in [0.29, 0.717) is 94.3 Å². The summed E-state index contributed by atoms with van der Waals surface area (Å²) < 4.78 is 23.5. The Balaban J connectivity index is 0.000000145. The van der Waals surface area contributed by atoms with E-state index in [1.165, 1.54) is 61.0 Å². The Morgan fingerprint density at radius 3 is 1.45 bits per heavy atom. The molecule has 10 aromatic rings. The van der Waals surface area contributed by atoms with Gasteiger partial charge >= 0.3 is 5.97 Å². The van der Waals surface area contributed by atoms with E-state index in [1.54, 1.807) is 18.7 Å². The molecule has 2 saturated heterocycles. The van der Waals surface area contributed by atoms with Crippen molar-refractivity contribution in [2.45, 2.75) is 13.8 Å². The molecule has 27 nitrogen and oxygen atoms in total. The van der Waals surface area contributed by atoms with Crippen LogP contribution in [0.3, 0.4) is 0 Å². The average molecular weight is 1050 g/mol. The SMILES string of the molecule is COc1cnc(-n2cnc(C)n2)c2[nH]cc(C(=O)C(=O)N3CCN(c4nonc4-c4ccccc4)CC3)c12.COc1cnc(-n2cnc(C)n2)c2[nH]cc(C(=O)C(=O)O)c12.c1ccc(-c2nonc2N2CCNCC2)cc1. The van der Waals surface area contributed by atoms with Gasteiger partial charge in [0.2, 0.25) is 11.6 Å².